The SMILES string of the molecule is CN(CC(=O)Nc1ccc(Br)cn1)C(=O)CC1CSCCN1. The minimum atomic E-state index is -0.253. The summed E-state index contributed by atoms with van der Waals surface area (Å²) in [6, 6.07) is 3.70. The molecule has 1 aliphatic rings. The first-order chi connectivity index (χ1) is 10.5. The molecule has 1 atom stereocenters. The Balaban J connectivity index is 1.77. The fourth-order valence-electron chi connectivity index (χ4n) is 2.05. The summed E-state index contributed by atoms with van der Waals surface area (Å²) in [6.07, 6.45) is 2.03. The number of aromatic nitrogens is 1. The highest BCUT2D eigenvalue weighted by Gasteiger charge is 2.20. The number of anilines is 1. The number of hydrogen-bond donors (Lipinski definition) is 2. The summed E-state index contributed by atoms with van der Waals surface area (Å²) < 4.78 is 0.843. The Hall–Kier alpha value is -1.12. The maximum atomic E-state index is 12.1. The summed E-state index contributed by atoms with van der Waals surface area (Å²) in [5.41, 5.74) is 0. The number of likely N-dealkylation sites (N-methyl/N-ethyl adjacent to an activating group) is 1. The zero-order chi connectivity index (χ0) is 15.9. The van der Waals surface area contributed by atoms with Gasteiger partial charge in [-0.2, -0.15) is 11.8 Å². The van der Waals surface area contributed by atoms with Crippen molar-refractivity contribution in [3.63, 3.8) is 0 Å². The molecule has 1 aliphatic heterocycles. The van der Waals surface area contributed by atoms with E-state index in [9.17, 15) is 9.59 Å². The number of nitrogens with zero attached hydrogens (tertiary/aromatic N) is 2. The van der Waals surface area contributed by atoms with E-state index in [2.05, 4.69) is 31.5 Å². The van der Waals surface area contributed by atoms with E-state index in [0.29, 0.717) is 12.2 Å². The van der Waals surface area contributed by atoms with Gasteiger partial charge in [0.25, 0.3) is 0 Å². The quantitative estimate of drug-likeness (QED) is 0.798. The van der Waals surface area contributed by atoms with Crippen LogP contribution in [-0.4, -0.2) is 59.4 Å². The number of carbonyl (C=O) groups is 2. The van der Waals surface area contributed by atoms with Gasteiger partial charge in [0.1, 0.15) is 5.82 Å². The molecule has 1 fully saturated rings. The van der Waals surface area contributed by atoms with Crippen LogP contribution in [0, 0.1) is 0 Å². The Morgan fingerprint density at radius 2 is 2.36 bits per heavy atom. The lowest BCUT2D eigenvalue weighted by Crippen LogP contribution is -2.43. The highest BCUT2D eigenvalue weighted by Crippen LogP contribution is 2.12. The van der Waals surface area contributed by atoms with Crippen LogP contribution in [0.4, 0.5) is 5.82 Å². The third-order valence-corrected chi connectivity index (χ3v) is 4.82. The van der Waals surface area contributed by atoms with Crippen LogP contribution < -0.4 is 10.6 Å². The second-order valence-electron chi connectivity index (χ2n) is 5.09. The summed E-state index contributed by atoms with van der Waals surface area (Å²) in [5.74, 6) is 2.22. The average molecular weight is 387 g/mol. The number of amides is 2. The maximum absolute atomic E-state index is 12.1. The molecular weight excluding hydrogens is 368 g/mol. The fraction of sp³-hybridized carbons (Fsp3) is 0.500. The highest BCUT2D eigenvalue weighted by atomic mass is 79.9. The minimum Gasteiger partial charge on any atom is -0.336 e. The zero-order valence-electron chi connectivity index (χ0n) is 12.3. The van der Waals surface area contributed by atoms with Crippen molar-refractivity contribution in [1.29, 1.82) is 0 Å². The summed E-state index contributed by atoms with van der Waals surface area (Å²) in [6.45, 7) is 0.957. The molecule has 8 heteroatoms. The van der Waals surface area contributed by atoms with Gasteiger partial charge in [-0.25, -0.2) is 4.98 Å². The van der Waals surface area contributed by atoms with Gasteiger partial charge < -0.3 is 15.5 Å². The van der Waals surface area contributed by atoms with Crippen LogP contribution in [0.1, 0.15) is 6.42 Å². The molecule has 0 saturated carbocycles. The number of hydrogen-bond acceptors (Lipinski definition) is 5. The molecule has 1 aromatic heterocycles. The van der Waals surface area contributed by atoms with E-state index >= 15 is 0 Å². The van der Waals surface area contributed by atoms with Gasteiger partial charge in [-0.3, -0.25) is 9.59 Å². The van der Waals surface area contributed by atoms with Crippen molar-refractivity contribution >= 4 is 45.3 Å². The third kappa shape index (κ3) is 5.58. The van der Waals surface area contributed by atoms with E-state index in [0.717, 1.165) is 22.5 Å². The lowest BCUT2D eigenvalue weighted by atomic mass is 10.2. The molecule has 120 valence electrons. The van der Waals surface area contributed by atoms with Crippen molar-refractivity contribution < 1.29 is 9.59 Å². The second-order valence-corrected chi connectivity index (χ2v) is 7.16. The fourth-order valence-corrected chi connectivity index (χ4v) is 3.24. The van der Waals surface area contributed by atoms with Crippen LogP contribution in [-0.2, 0) is 9.59 Å². The van der Waals surface area contributed by atoms with Crippen molar-refractivity contribution in [3.8, 4) is 0 Å². The second kappa shape index (κ2) is 8.50. The molecule has 2 heterocycles. The van der Waals surface area contributed by atoms with Crippen molar-refractivity contribution in [3.05, 3.63) is 22.8 Å². The van der Waals surface area contributed by atoms with E-state index in [4.69, 9.17) is 0 Å². The molecule has 0 radical (unpaired) electrons. The van der Waals surface area contributed by atoms with Crippen molar-refractivity contribution in [1.82, 2.24) is 15.2 Å². The normalized spacial score (nSPS) is 17.8. The van der Waals surface area contributed by atoms with Crippen LogP contribution in [0.3, 0.4) is 0 Å². The Labute approximate surface area is 142 Å². The number of carbonyl (C=O) groups excluding carboxylic acids is 2. The van der Waals surface area contributed by atoms with E-state index in [1.54, 1.807) is 25.4 Å². The molecule has 0 spiro atoms. The average Bonchev–Trinajstić information content (AvgIpc) is 2.50. The number of thioether (sulfide) groups is 1. The first kappa shape index (κ1) is 17.2. The summed E-state index contributed by atoms with van der Waals surface area (Å²) in [5, 5.41) is 5.99. The molecule has 0 bridgehead atoms. The largest absolute Gasteiger partial charge is 0.336 e. The van der Waals surface area contributed by atoms with E-state index in [1.807, 2.05) is 11.8 Å². The smallest absolute Gasteiger partial charge is 0.245 e. The summed E-state index contributed by atoms with van der Waals surface area (Å²) in [7, 11) is 1.65. The van der Waals surface area contributed by atoms with Crippen LogP contribution in [0.15, 0.2) is 22.8 Å². The number of pyridine rings is 1. The molecule has 2 rings (SSSR count). The van der Waals surface area contributed by atoms with Gasteiger partial charge in [-0.15, -0.1) is 0 Å². The Morgan fingerprint density at radius 3 is 3.00 bits per heavy atom. The Kier molecular flexibility index (Phi) is 6.66. The maximum Gasteiger partial charge on any atom is 0.245 e. The topological polar surface area (TPSA) is 74.3 Å². The molecule has 22 heavy (non-hydrogen) atoms. The molecule has 0 aromatic carbocycles. The number of nitrogens with one attached hydrogen (secondary N) is 2. The van der Waals surface area contributed by atoms with Crippen LogP contribution in [0.2, 0.25) is 0 Å². The van der Waals surface area contributed by atoms with E-state index in [1.165, 1.54) is 4.90 Å². The first-order valence-electron chi connectivity index (χ1n) is 7.01. The first-order valence-corrected chi connectivity index (χ1v) is 8.96. The minimum absolute atomic E-state index is 0.0242. The molecule has 2 N–H and O–H groups in total. The summed E-state index contributed by atoms with van der Waals surface area (Å²) >= 11 is 5.13. The van der Waals surface area contributed by atoms with Gasteiger partial charge in [0.15, 0.2) is 0 Å². The van der Waals surface area contributed by atoms with Gasteiger partial charge in [-0.05, 0) is 28.1 Å². The van der Waals surface area contributed by atoms with E-state index in [-0.39, 0.29) is 24.4 Å². The van der Waals surface area contributed by atoms with Gasteiger partial charge in [0.2, 0.25) is 11.8 Å². The molecule has 1 aromatic rings. The predicted octanol–water partition coefficient (Wildman–Crippen LogP) is 1.34. The van der Waals surface area contributed by atoms with Gasteiger partial charge in [-0.1, -0.05) is 0 Å². The third-order valence-electron chi connectivity index (χ3n) is 3.22. The van der Waals surface area contributed by atoms with Gasteiger partial charge in [0.05, 0.1) is 6.54 Å². The summed E-state index contributed by atoms with van der Waals surface area (Å²) in [4.78, 5) is 29.6. The highest BCUT2D eigenvalue weighted by molar-refractivity contribution is 9.10. The van der Waals surface area contributed by atoms with Crippen LogP contribution in [0.5, 0.6) is 0 Å². The van der Waals surface area contributed by atoms with E-state index < -0.39 is 0 Å². The van der Waals surface area contributed by atoms with Crippen molar-refractivity contribution in [2.45, 2.75) is 12.5 Å². The molecule has 2 amide bonds. The zero-order valence-corrected chi connectivity index (χ0v) is 14.7. The Bertz CT molecular complexity index is 520. The van der Waals surface area contributed by atoms with Crippen molar-refractivity contribution in [2.24, 2.45) is 0 Å². The number of halogens is 1. The van der Waals surface area contributed by atoms with Gasteiger partial charge in [0, 0.05) is 48.2 Å². The molecule has 1 saturated heterocycles. The standard InChI is InChI=1S/C14H19BrN4O2S/c1-19(14(21)6-11-9-22-5-4-16-11)8-13(20)18-12-3-2-10(15)7-17-12/h2-3,7,11,16H,4-6,8-9H2,1H3,(H,17,18,20). The van der Waals surface area contributed by atoms with Gasteiger partial charge >= 0.3 is 0 Å². The molecular formula is C14H19BrN4O2S. The van der Waals surface area contributed by atoms with Crippen molar-refractivity contribution in [2.75, 3.05) is 37.0 Å². The molecule has 1 unspecified atom stereocenters. The monoisotopic (exact) mass is 386 g/mol. The lowest BCUT2D eigenvalue weighted by Gasteiger charge is -2.25. The molecule has 6 nitrogen and oxygen atoms in total. The molecule has 0 aliphatic carbocycles. The number of rotatable bonds is 5. The van der Waals surface area contributed by atoms with Crippen LogP contribution >= 0.6 is 27.7 Å². The van der Waals surface area contributed by atoms with Crippen LogP contribution in [0.25, 0.3) is 0 Å². The lowest BCUT2D eigenvalue weighted by molar-refractivity contribution is -0.133. The Morgan fingerprint density at radius 1 is 1.55 bits per heavy atom. The predicted molar refractivity (Wildman–Crippen MR) is 91.9 cm³/mol.